The van der Waals surface area contributed by atoms with Crippen LogP contribution in [0.25, 0.3) is 0 Å². The van der Waals surface area contributed by atoms with Gasteiger partial charge >= 0.3 is 0 Å². The molecule has 5 heteroatoms. The number of benzene rings is 1. The Bertz CT molecular complexity index is 496. The minimum atomic E-state index is 0.118. The molecule has 1 aliphatic rings. The summed E-state index contributed by atoms with van der Waals surface area (Å²) in [6.07, 6.45) is 0.354. The molecule has 1 aromatic rings. The summed E-state index contributed by atoms with van der Waals surface area (Å²) in [5.74, 6) is 0.933. The first-order valence-corrected chi connectivity index (χ1v) is 7.73. The van der Waals surface area contributed by atoms with Gasteiger partial charge in [0.05, 0.1) is 25.9 Å². The molecule has 0 aromatic heterocycles. The van der Waals surface area contributed by atoms with E-state index >= 15 is 0 Å². The Morgan fingerprint density at radius 2 is 1.95 bits per heavy atom. The van der Waals surface area contributed by atoms with Crippen LogP contribution >= 0.6 is 0 Å². The molecule has 1 aliphatic heterocycles. The summed E-state index contributed by atoms with van der Waals surface area (Å²) in [6.45, 7) is 6.69. The van der Waals surface area contributed by atoms with E-state index in [1.807, 2.05) is 45.2 Å². The van der Waals surface area contributed by atoms with Gasteiger partial charge in [0, 0.05) is 32.2 Å². The molecule has 2 rings (SSSR count). The van der Waals surface area contributed by atoms with Crippen LogP contribution in [-0.2, 0) is 16.1 Å². The summed E-state index contributed by atoms with van der Waals surface area (Å²) in [4.78, 5) is 16.4. The van der Waals surface area contributed by atoms with Gasteiger partial charge in [0.25, 0.3) is 0 Å². The predicted octanol–water partition coefficient (Wildman–Crippen LogP) is 1.76. The highest BCUT2D eigenvalue weighted by Gasteiger charge is 2.24. The van der Waals surface area contributed by atoms with Gasteiger partial charge in [-0.3, -0.25) is 9.69 Å². The van der Waals surface area contributed by atoms with Gasteiger partial charge < -0.3 is 14.4 Å². The predicted molar refractivity (Wildman–Crippen MR) is 85.9 cm³/mol. The summed E-state index contributed by atoms with van der Waals surface area (Å²) in [5, 5.41) is 0. The number of nitrogens with zero attached hydrogens (tertiary/aromatic N) is 2. The number of morpholine rings is 1. The fraction of sp³-hybridized carbons (Fsp3) is 0.588. The molecule has 2 unspecified atom stereocenters. The molecule has 0 spiro atoms. The van der Waals surface area contributed by atoms with E-state index in [1.165, 1.54) is 0 Å². The second-order valence-corrected chi connectivity index (χ2v) is 6.01. The van der Waals surface area contributed by atoms with E-state index in [1.54, 1.807) is 12.0 Å². The fourth-order valence-electron chi connectivity index (χ4n) is 2.90. The topological polar surface area (TPSA) is 42.0 Å². The van der Waals surface area contributed by atoms with Crippen molar-refractivity contribution in [3.63, 3.8) is 0 Å². The van der Waals surface area contributed by atoms with Gasteiger partial charge in [0.1, 0.15) is 5.75 Å². The highest BCUT2D eigenvalue weighted by molar-refractivity contribution is 5.78. The number of methoxy groups -OCH3 is 1. The van der Waals surface area contributed by atoms with Gasteiger partial charge in [-0.15, -0.1) is 0 Å². The summed E-state index contributed by atoms with van der Waals surface area (Å²) < 4.78 is 11.0. The molecular weight excluding hydrogens is 280 g/mol. The van der Waals surface area contributed by atoms with Crippen molar-refractivity contribution in [1.82, 2.24) is 9.80 Å². The SMILES string of the molecule is COc1ccccc1CN(C)C(=O)CN1CC(C)OC(C)C1. The van der Waals surface area contributed by atoms with Crippen molar-refractivity contribution in [1.29, 1.82) is 0 Å². The molecule has 1 amide bonds. The molecule has 2 atom stereocenters. The fourth-order valence-corrected chi connectivity index (χ4v) is 2.90. The van der Waals surface area contributed by atoms with Crippen molar-refractivity contribution in [3.8, 4) is 5.75 Å². The second kappa shape index (κ2) is 7.61. The zero-order valence-electron chi connectivity index (χ0n) is 13.9. The lowest BCUT2D eigenvalue weighted by molar-refractivity contribution is -0.135. The van der Waals surface area contributed by atoms with Crippen molar-refractivity contribution in [2.45, 2.75) is 32.6 Å². The molecule has 0 N–H and O–H groups in total. The van der Waals surface area contributed by atoms with Crippen molar-refractivity contribution in [2.75, 3.05) is 33.8 Å². The summed E-state index contributed by atoms with van der Waals surface area (Å²) in [7, 11) is 3.49. The number of likely N-dealkylation sites (N-methyl/N-ethyl adjacent to an activating group) is 1. The Morgan fingerprint density at radius 1 is 1.32 bits per heavy atom. The first-order chi connectivity index (χ1) is 10.5. The van der Waals surface area contributed by atoms with E-state index in [9.17, 15) is 4.79 Å². The van der Waals surface area contributed by atoms with Gasteiger partial charge in [0.15, 0.2) is 0 Å². The number of hydrogen-bond donors (Lipinski definition) is 0. The third kappa shape index (κ3) is 4.45. The number of carbonyl (C=O) groups excluding carboxylic acids is 1. The first-order valence-electron chi connectivity index (χ1n) is 7.73. The van der Waals surface area contributed by atoms with Crippen LogP contribution in [-0.4, -0.2) is 61.7 Å². The van der Waals surface area contributed by atoms with Crippen LogP contribution in [0.2, 0.25) is 0 Å². The Kier molecular flexibility index (Phi) is 5.80. The molecule has 1 saturated heterocycles. The molecule has 1 heterocycles. The number of ether oxygens (including phenoxy) is 2. The third-order valence-electron chi connectivity index (χ3n) is 3.88. The maximum atomic E-state index is 12.4. The van der Waals surface area contributed by atoms with E-state index in [0.29, 0.717) is 13.1 Å². The number of para-hydroxylation sites is 1. The maximum absolute atomic E-state index is 12.4. The standard InChI is InChI=1S/C17H26N2O3/c1-13-9-19(10-14(2)22-13)12-17(20)18(3)11-15-7-5-6-8-16(15)21-4/h5-8,13-14H,9-12H2,1-4H3. The monoisotopic (exact) mass is 306 g/mol. The molecule has 5 nitrogen and oxygen atoms in total. The highest BCUT2D eigenvalue weighted by Crippen LogP contribution is 2.19. The zero-order chi connectivity index (χ0) is 16.1. The van der Waals surface area contributed by atoms with E-state index in [2.05, 4.69) is 4.90 Å². The maximum Gasteiger partial charge on any atom is 0.236 e. The number of amides is 1. The molecule has 0 bridgehead atoms. The number of rotatable bonds is 5. The van der Waals surface area contributed by atoms with Crippen LogP contribution in [0.5, 0.6) is 5.75 Å². The molecule has 0 radical (unpaired) electrons. The minimum absolute atomic E-state index is 0.118. The summed E-state index contributed by atoms with van der Waals surface area (Å²) >= 11 is 0. The molecule has 0 aliphatic carbocycles. The van der Waals surface area contributed by atoms with E-state index in [4.69, 9.17) is 9.47 Å². The Balaban J connectivity index is 1.92. The lowest BCUT2D eigenvalue weighted by Crippen LogP contribution is -2.49. The van der Waals surface area contributed by atoms with Gasteiger partial charge in [0.2, 0.25) is 5.91 Å². The van der Waals surface area contributed by atoms with Gasteiger partial charge in [-0.2, -0.15) is 0 Å². The van der Waals surface area contributed by atoms with Crippen LogP contribution in [0.15, 0.2) is 24.3 Å². The van der Waals surface area contributed by atoms with Gasteiger partial charge in [-0.05, 0) is 19.9 Å². The molecule has 22 heavy (non-hydrogen) atoms. The smallest absolute Gasteiger partial charge is 0.236 e. The van der Waals surface area contributed by atoms with Gasteiger partial charge in [-0.1, -0.05) is 18.2 Å². The van der Waals surface area contributed by atoms with Crippen molar-refractivity contribution in [2.24, 2.45) is 0 Å². The van der Waals surface area contributed by atoms with Crippen LogP contribution in [0.1, 0.15) is 19.4 Å². The minimum Gasteiger partial charge on any atom is -0.496 e. The Labute approximate surface area is 132 Å². The molecule has 0 saturated carbocycles. The number of carbonyl (C=O) groups is 1. The van der Waals surface area contributed by atoms with Crippen LogP contribution in [0, 0.1) is 0 Å². The summed E-state index contributed by atoms with van der Waals surface area (Å²) in [5.41, 5.74) is 1.02. The average Bonchev–Trinajstić information content (AvgIpc) is 2.46. The third-order valence-corrected chi connectivity index (χ3v) is 3.88. The lowest BCUT2D eigenvalue weighted by Gasteiger charge is -2.35. The second-order valence-electron chi connectivity index (χ2n) is 6.01. The zero-order valence-corrected chi connectivity index (χ0v) is 13.9. The van der Waals surface area contributed by atoms with E-state index in [-0.39, 0.29) is 18.1 Å². The average molecular weight is 306 g/mol. The van der Waals surface area contributed by atoms with Crippen molar-refractivity contribution in [3.05, 3.63) is 29.8 Å². The largest absolute Gasteiger partial charge is 0.496 e. The van der Waals surface area contributed by atoms with Crippen molar-refractivity contribution < 1.29 is 14.3 Å². The molecule has 1 aromatic carbocycles. The van der Waals surface area contributed by atoms with E-state index in [0.717, 1.165) is 24.4 Å². The quantitative estimate of drug-likeness (QED) is 0.831. The highest BCUT2D eigenvalue weighted by atomic mass is 16.5. The van der Waals surface area contributed by atoms with E-state index < -0.39 is 0 Å². The van der Waals surface area contributed by atoms with Crippen LogP contribution in [0.4, 0.5) is 0 Å². The van der Waals surface area contributed by atoms with Crippen LogP contribution < -0.4 is 4.74 Å². The van der Waals surface area contributed by atoms with Gasteiger partial charge in [-0.25, -0.2) is 0 Å². The Morgan fingerprint density at radius 3 is 2.59 bits per heavy atom. The summed E-state index contributed by atoms with van der Waals surface area (Å²) in [6, 6.07) is 7.79. The Hall–Kier alpha value is -1.59. The van der Waals surface area contributed by atoms with Crippen molar-refractivity contribution >= 4 is 5.91 Å². The first kappa shape index (κ1) is 16.8. The molecule has 1 fully saturated rings. The lowest BCUT2D eigenvalue weighted by atomic mass is 10.2. The molecular formula is C17H26N2O3. The molecule has 122 valence electrons. The normalized spacial score (nSPS) is 22.4. The number of hydrogen-bond acceptors (Lipinski definition) is 4. The van der Waals surface area contributed by atoms with Crippen LogP contribution in [0.3, 0.4) is 0 Å².